The van der Waals surface area contributed by atoms with Gasteiger partial charge in [0.05, 0.1) is 5.71 Å². The maximum atomic E-state index is 5.90. The second kappa shape index (κ2) is 4.94. The highest BCUT2D eigenvalue weighted by molar-refractivity contribution is 7.80. The molecule has 0 radical (unpaired) electrons. The molecule has 0 bridgehead atoms. The molecular formula is C15H14N4S. The molecule has 0 saturated heterocycles. The van der Waals surface area contributed by atoms with Crippen LogP contribution in [0.25, 0.3) is 11.1 Å². The first-order valence-electron chi connectivity index (χ1n) is 6.26. The summed E-state index contributed by atoms with van der Waals surface area (Å²) < 4.78 is 0. The number of rotatable bonds is 1. The van der Waals surface area contributed by atoms with Crippen molar-refractivity contribution in [2.45, 2.75) is 0 Å². The van der Waals surface area contributed by atoms with Gasteiger partial charge in [0, 0.05) is 23.9 Å². The lowest BCUT2D eigenvalue weighted by molar-refractivity contribution is 0.977. The molecule has 0 spiro atoms. The van der Waals surface area contributed by atoms with E-state index in [2.05, 4.69) is 28.0 Å². The third-order valence-electron chi connectivity index (χ3n) is 3.27. The Labute approximate surface area is 122 Å². The van der Waals surface area contributed by atoms with Gasteiger partial charge in [-0.1, -0.05) is 30.3 Å². The van der Waals surface area contributed by atoms with Crippen molar-refractivity contribution in [3.63, 3.8) is 0 Å². The molecule has 0 aliphatic heterocycles. The first-order valence-corrected chi connectivity index (χ1v) is 6.66. The summed E-state index contributed by atoms with van der Waals surface area (Å²) in [5, 5.41) is 7.74. The highest BCUT2D eigenvalue weighted by atomic mass is 32.1. The van der Waals surface area contributed by atoms with Crippen LogP contribution in [-0.2, 0) is 0 Å². The Balaban J connectivity index is 2.15. The van der Waals surface area contributed by atoms with Gasteiger partial charge in [-0.05, 0) is 35.5 Å². The number of anilines is 1. The van der Waals surface area contributed by atoms with Crippen molar-refractivity contribution in [3.05, 3.63) is 53.6 Å². The van der Waals surface area contributed by atoms with Gasteiger partial charge in [-0.25, -0.2) is 0 Å². The number of nitrogens with zero attached hydrogens (tertiary/aromatic N) is 1. The van der Waals surface area contributed by atoms with Gasteiger partial charge in [0.25, 0.3) is 0 Å². The fraction of sp³-hybridized carbons (Fsp3) is 0.0667. The van der Waals surface area contributed by atoms with Gasteiger partial charge in [0.2, 0.25) is 0 Å². The van der Waals surface area contributed by atoms with Crippen molar-refractivity contribution in [3.8, 4) is 11.1 Å². The molecule has 0 heterocycles. The molecule has 1 aliphatic carbocycles. The van der Waals surface area contributed by atoms with Gasteiger partial charge in [0.15, 0.2) is 5.11 Å². The van der Waals surface area contributed by atoms with Crippen LogP contribution in [-0.4, -0.2) is 17.9 Å². The van der Waals surface area contributed by atoms with Crippen LogP contribution in [0.1, 0.15) is 11.1 Å². The monoisotopic (exact) mass is 282 g/mol. The van der Waals surface area contributed by atoms with E-state index in [9.17, 15) is 0 Å². The second-order valence-corrected chi connectivity index (χ2v) is 4.91. The van der Waals surface area contributed by atoms with Crippen molar-refractivity contribution in [1.82, 2.24) is 10.7 Å². The van der Waals surface area contributed by atoms with Crippen LogP contribution in [0.3, 0.4) is 0 Å². The minimum atomic E-state index is 0.479. The van der Waals surface area contributed by atoms with Crippen LogP contribution in [0.4, 0.5) is 5.69 Å². The van der Waals surface area contributed by atoms with E-state index in [0.717, 1.165) is 28.1 Å². The van der Waals surface area contributed by atoms with Gasteiger partial charge in [-0.3, -0.25) is 5.43 Å². The molecule has 0 fully saturated rings. The molecule has 3 rings (SSSR count). The minimum absolute atomic E-state index is 0.479. The fourth-order valence-corrected chi connectivity index (χ4v) is 2.39. The predicted molar refractivity (Wildman–Crippen MR) is 86.7 cm³/mol. The molecule has 0 atom stereocenters. The number of nitrogens with one attached hydrogen (secondary N) is 2. The molecule has 0 amide bonds. The lowest BCUT2D eigenvalue weighted by atomic mass is 10.1. The molecule has 100 valence electrons. The highest BCUT2D eigenvalue weighted by Gasteiger charge is 2.24. The summed E-state index contributed by atoms with van der Waals surface area (Å²) in [6.45, 7) is 0. The van der Waals surface area contributed by atoms with Gasteiger partial charge >= 0.3 is 0 Å². The zero-order valence-corrected chi connectivity index (χ0v) is 11.8. The molecule has 0 saturated carbocycles. The van der Waals surface area contributed by atoms with E-state index < -0.39 is 0 Å². The van der Waals surface area contributed by atoms with E-state index in [4.69, 9.17) is 18.0 Å². The lowest BCUT2D eigenvalue weighted by Crippen LogP contribution is -2.29. The Kier molecular flexibility index (Phi) is 3.12. The Hall–Kier alpha value is -2.40. The summed E-state index contributed by atoms with van der Waals surface area (Å²) in [6.07, 6.45) is 0. The van der Waals surface area contributed by atoms with Gasteiger partial charge < -0.3 is 11.1 Å². The Morgan fingerprint density at radius 3 is 2.50 bits per heavy atom. The summed E-state index contributed by atoms with van der Waals surface area (Å²) in [5.74, 6) is 0. The van der Waals surface area contributed by atoms with E-state index in [1.54, 1.807) is 7.05 Å². The molecule has 0 unspecified atom stereocenters. The summed E-state index contributed by atoms with van der Waals surface area (Å²) in [5.41, 5.74) is 14.7. The van der Waals surface area contributed by atoms with Crippen molar-refractivity contribution >= 4 is 28.7 Å². The Morgan fingerprint density at radius 2 is 1.75 bits per heavy atom. The third-order valence-corrected chi connectivity index (χ3v) is 3.56. The van der Waals surface area contributed by atoms with E-state index in [0.29, 0.717) is 5.11 Å². The van der Waals surface area contributed by atoms with Crippen molar-refractivity contribution < 1.29 is 0 Å². The van der Waals surface area contributed by atoms with E-state index in [-0.39, 0.29) is 0 Å². The number of nitrogen functional groups attached to an aromatic ring is 1. The number of nitrogens with two attached hydrogens (primary N) is 1. The molecule has 1 aliphatic rings. The van der Waals surface area contributed by atoms with E-state index in [1.807, 2.05) is 30.3 Å². The lowest BCUT2D eigenvalue weighted by Gasteiger charge is -2.05. The van der Waals surface area contributed by atoms with Crippen molar-refractivity contribution in [1.29, 1.82) is 0 Å². The SMILES string of the molecule is CNC(=S)NN=C1c2ccccc2-c2ccc(N)cc21. The number of hydrogen-bond donors (Lipinski definition) is 3. The summed E-state index contributed by atoms with van der Waals surface area (Å²) in [4.78, 5) is 0. The maximum Gasteiger partial charge on any atom is 0.186 e. The quantitative estimate of drug-likeness (QED) is 0.363. The first kappa shape index (κ1) is 12.6. The molecule has 0 aromatic heterocycles. The average Bonchev–Trinajstić information content (AvgIpc) is 2.78. The standard InChI is InChI=1S/C15H14N4S/c1-17-15(20)19-18-14-12-5-3-2-4-10(12)11-7-6-9(16)8-13(11)14/h2-8H,16H2,1H3,(H2,17,19,20). The van der Waals surface area contributed by atoms with Gasteiger partial charge in [-0.15, -0.1) is 0 Å². The van der Waals surface area contributed by atoms with Crippen LogP contribution in [0.15, 0.2) is 47.6 Å². The minimum Gasteiger partial charge on any atom is -0.399 e. The summed E-state index contributed by atoms with van der Waals surface area (Å²) in [7, 11) is 1.75. The largest absolute Gasteiger partial charge is 0.399 e. The van der Waals surface area contributed by atoms with Gasteiger partial charge in [0.1, 0.15) is 0 Å². The van der Waals surface area contributed by atoms with E-state index in [1.165, 1.54) is 5.56 Å². The molecular weight excluding hydrogens is 268 g/mol. The smallest absolute Gasteiger partial charge is 0.186 e. The average molecular weight is 282 g/mol. The molecule has 5 heteroatoms. The number of hydrogen-bond acceptors (Lipinski definition) is 3. The summed E-state index contributed by atoms with van der Waals surface area (Å²) in [6, 6.07) is 14.0. The molecule has 4 N–H and O–H groups in total. The molecule has 20 heavy (non-hydrogen) atoms. The third kappa shape index (κ3) is 2.02. The first-order chi connectivity index (χ1) is 9.70. The van der Waals surface area contributed by atoms with Crippen molar-refractivity contribution in [2.75, 3.05) is 12.8 Å². The van der Waals surface area contributed by atoms with Crippen LogP contribution in [0.5, 0.6) is 0 Å². The zero-order valence-electron chi connectivity index (χ0n) is 11.0. The Morgan fingerprint density at radius 1 is 1.05 bits per heavy atom. The number of fused-ring (bicyclic) bond motifs is 3. The number of benzene rings is 2. The second-order valence-electron chi connectivity index (χ2n) is 4.50. The van der Waals surface area contributed by atoms with Gasteiger partial charge in [-0.2, -0.15) is 5.10 Å². The topological polar surface area (TPSA) is 62.4 Å². The van der Waals surface area contributed by atoms with Crippen molar-refractivity contribution in [2.24, 2.45) is 5.10 Å². The fourth-order valence-electron chi connectivity index (χ4n) is 2.35. The zero-order chi connectivity index (χ0) is 14.1. The molecule has 2 aromatic rings. The summed E-state index contributed by atoms with van der Waals surface area (Å²) >= 11 is 5.06. The van der Waals surface area contributed by atoms with Crippen LogP contribution in [0, 0.1) is 0 Å². The molecule has 2 aromatic carbocycles. The molecule has 4 nitrogen and oxygen atoms in total. The van der Waals surface area contributed by atoms with Crippen LogP contribution in [0.2, 0.25) is 0 Å². The van der Waals surface area contributed by atoms with Crippen LogP contribution >= 0.6 is 12.2 Å². The number of hydrazone groups is 1. The van der Waals surface area contributed by atoms with E-state index >= 15 is 0 Å². The van der Waals surface area contributed by atoms with Crippen LogP contribution < -0.4 is 16.5 Å². The maximum absolute atomic E-state index is 5.90. The number of thiocarbonyl (C=S) groups is 1. The highest BCUT2D eigenvalue weighted by Crippen LogP contribution is 2.37. The normalized spacial score (nSPS) is 13.8. The predicted octanol–water partition coefficient (Wildman–Crippen LogP) is 2.10. The Bertz CT molecular complexity index is 722.